The van der Waals surface area contributed by atoms with Crippen molar-refractivity contribution >= 4 is 5.91 Å². The van der Waals surface area contributed by atoms with Crippen LogP contribution in [0.5, 0.6) is 0 Å². The fraction of sp³-hybridized carbons (Fsp3) is 0.400. The smallest absolute Gasteiger partial charge is 0.227 e. The van der Waals surface area contributed by atoms with Crippen LogP contribution in [0, 0.1) is 18.0 Å². The van der Waals surface area contributed by atoms with Gasteiger partial charge in [-0.15, -0.1) is 0 Å². The molecule has 4 heterocycles. The molecule has 2 atom stereocenters. The predicted octanol–water partition coefficient (Wildman–Crippen LogP) is 2.44. The zero-order valence-corrected chi connectivity index (χ0v) is 17.9. The SMILES string of the molecule is Cc1cnc2c(c1)CCc1cccnc1C2C1CCN(C(=O)CC2=C[NH+]([O-])C=C2)CC1. The highest BCUT2D eigenvalue weighted by Crippen LogP contribution is 2.41. The Morgan fingerprint density at radius 3 is 2.74 bits per heavy atom. The third-order valence-corrected chi connectivity index (χ3v) is 6.83. The van der Waals surface area contributed by atoms with Crippen molar-refractivity contribution in [1.82, 2.24) is 14.9 Å². The maximum Gasteiger partial charge on any atom is 0.227 e. The first-order valence-corrected chi connectivity index (χ1v) is 11.2. The molecule has 0 bridgehead atoms. The summed E-state index contributed by atoms with van der Waals surface area (Å²) in [4.78, 5) is 24.4. The number of fused-ring (bicyclic) bond motifs is 2. The van der Waals surface area contributed by atoms with Crippen molar-refractivity contribution in [3.63, 3.8) is 0 Å². The maximum atomic E-state index is 12.7. The number of hydrogen-bond donors (Lipinski definition) is 1. The minimum absolute atomic E-state index is 0.0255. The van der Waals surface area contributed by atoms with Crippen LogP contribution < -0.4 is 5.06 Å². The number of carbonyl (C=O) groups is 1. The summed E-state index contributed by atoms with van der Waals surface area (Å²) < 4.78 is 0. The molecule has 0 saturated carbocycles. The standard InChI is InChI=1S/C25H28N4O2/c1-17-13-21-5-4-20-3-2-9-26-24(20)23(25(21)27-15-17)19-7-10-28(11-8-19)22(30)14-18-6-12-29(31)16-18/h2-3,6,9,12-13,15-16,19,23,29H,4-5,7-8,10-11,14H2,1H3. The molecule has 5 rings (SSSR count). The fourth-order valence-corrected chi connectivity index (χ4v) is 5.25. The molecule has 0 aromatic carbocycles. The van der Waals surface area contributed by atoms with Gasteiger partial charge in [-0.25, -0.2) is 0 Å². The summed E-state index contributed by atoms with van der Waals surface area (Å²) in [5.74, 6) is 0.708. The number of rotatable bonds is 3. The van der Waals surface area contributed by atoms with Crippen molar-refractivity contribution in [3.8, 4) is 0 Å². The van der Waals surface area contributed by atoms with Crippen LogP contribution in [0.1, 0.15) is 53.3 Å². The van der Waals surface area contributed by atoms with E-state index >= 15 is 0 Å². The highest BCUT2D eigenvalue weighted by molar-refractivity contribution is 5.79. The number of pyridine rings is 2. The molecule has 3 aliphatic rings. The number of nitrogens with one attached hydrogen (secondary N) is 1. The fourth-order valence-electron chi connectivity index (χ4n) is 5.25. The average Bonchev–Trinajstić information content (AvgIpc) is 3.11. The summed E-state index contributed by atoms with van der Waals surface area (Å²) in [5, 5.41) is 11.4. The second-order valence-electron chi connectivity index (χ2n) is 8.93. The van der Waals surface area contributed by atoms with E-state index in [0.717, 1.165) is 44.3 Å². The van der Waals surface area contributed by atoms with Gasteiger partial charge in [0.2, 0.25) is 5.91 Å². The molecule has 1 saturated heterocycles. The van der Waals surface area contributed by atoms with E-state index < -0.39 is 0 Å². The first-order chi connectivity index (χ1) is 15.1. The van der Waals surface area contributed by atoms with Gasteiger partial charge in [-0.2, -0.15) is 0 Å². The molecule has 0 radical (unpaired) electrons. The number of aryl methyl sites for hydroxylation is 3. The third kappa shape index (κ3) is 4.05. The lowest BCUT2D eigenvalue weighted by Gasteiger charge is -2.36. The topological polar surface area (TPSA) is 73.6 Å². The highest BCUT2D eigenvalue weighted by atomic mass is 16.5. The Balaban J connectivity index is 1.36. The van der Waals surface area contributed by atoms with Crippen molar-refractivity contribution in [2.24, 2.45) is 5.92 Å². The third-order valence-electron chi connectivity index (χ3n) is 6.83. The Hall–Kier alpha value is -2.83. The number of aromatic nitrogens is 2. The summed E-state index contributed by atoms with van der Waals surface area (Å²) in [6.45, 7) is 3.59. The first-order valence-electron chi connectivity index (χ1n) is 11.2. The van der Waals surface area contributed by atoms with Gasteiger partial charge in [0.05, 0.1) is 24.0 Å². The molecule has 31 heavy (non-hydrogen) atoms. The van der Waals surface area contributed by atoms with Crippen molar-refractivity contribution in [1.29, 1.82) is 0 Å². The number of nitrogens with zero attached hydrogens (tertiary/aromatic N) is 3. The number of likely N-dealkylation sites (tertiary alicyclic amines) is 1. The normalized spacial score (nSPS) is 23.2. The van der Waals surface area contributed by atoms with Gasteiger partial charge in [0.15, 0.2) is 0 Å². The van der Waals surface area contributed by atoms with Crippen molar-refractivity contribution in [2.45, 2.75) is 44.9 Å². The van der Waals surface area contributed by atoms with Crippen LogP contribution >= 0.6 is 0 Å². The summed E-state index contributed by atoms with van der Waals surface area (Å²) in [5.41, 5.74) is 7.02. The lowest BCUT2D eigenvalue weighted by molar-refractivity contribution is -0.727. The Labute approximate surface area is 182 Å². The van der Waals surface area contributed by atoms with Crippen LogP contribution in [0.3, 0.4) is 0 Å². The van der Waals surface area contributed by atoms with Gasteiger partial charge in [0.25, 0.3) is 0 Å². The molecule has 6 heteroatoms. The van der Waals surface area contributed by atoms with Crippen molar-refractivity contribution in [3.05, 3.63) is 87.9 Å². The van der Waals surface area contributed by atoms with E-state index in [1.54, 1.807) is 12.3 Å². The molecule has 160 valence electrons. The van der Waals surface area contributed by atoms with Gasteiger partial charge < -0.3 is 15.2 Å². The monoisotopic (exact) mass is 416 g/mol. The molecular weight excluding hydrogens is 388 g/mol. The Bertz CT molecular complexity index is 1050. The Morgan fingerprint density at radius 1 is 1.19 bits per heavy atom. The summed E-state index contributed by atoms with van der Waals surface area (Å²) >= 11 is 0. The molecule has 1 amide bonds. The number of allylic oxidation sites excluding steroid dienone is 1. The summed E-state index contributed by atoms with van der Waals surface area (Å²) in [7, 11) is 0. The molecule has 0 spiro atoms. The van der Waals surface area contributed by atoms with Gasteiger partial charge in [0, 0.05) is 43.1 Å². The summed E-state index contributed by atoms with van der Waals surface area (Å²) in [6.07, 6.45) is 12.9. The van der Waals surface area contributed by atoms with Gasteiger partial charge in [-0.05, 0) is 61.3 Å². The molecular formula is C25H28N4O2. The zero-order valence-electron chi connectivity index (χ0n) is 17.9. The van der Waals surface area contributed by atoms with Crippen LogP contribution in [-0.4, -0.2) is 33.9 Å². The van der Waals surface area contributed by atoms with Crippen LogP contribution in [0.2, 0.25) is 0 Å². The maximum absolute atomic E-state index is 12.7. The van der Waals surface area contributed by atoms with Gasteiger partial charge >= 0.3 is 0 Å². The van der Waals surface area contributed by atoms with E-state index in [4.69, 9.17) is 9.97 Å². The lowest BCUT2D eigenvalue weighted by Crippen LogP contribution is -2.95. The number of carbonyl (C=O) groups excluding carboxylic acids is 1. The number of amides is 1. The van der Waals surface area contributed by atoms with Crippen LogP contribution in [-0.2, 0) is 17.6 Å². The molecule has 2 unspecified atom stereocenters. The van der Waals surface area contributed by atoms with E-state index in [1.165, 1.54) is 34.3 Å². The number of hydroxylamine groups is 2. The van der Waals surface area contributed by atoms with Crippen molar-refractivity contribution < 1.29 is 9.86 Å². The molecule has 1 fully saturated rings. The molecule has 6 nitrogen and oxygen atoms in total. The predicted molar refractivity (Wildman–Crippen MR) is 118 cm³/mol. The van der Waals surface area contributed by atoms with Crippen LogP contribution in [0.4, 0.5) is 0 Å². The van der Waals surface area contributed by atoms with Crippen LogP contribution in [0.15, 0.2) is 54.6 Å². The Kier molecular flexibility index (Phi) is 5.42. The first kappa shape index (κ1) is 20.1. The minimum Gasteiger partial charge on any atom is -0.624 e. The van der Waals surface area contributed by atoms with E-state index in [9.17, 15) is 10.0 Å². The number of hydrogen-bond acceptors (Lipinski definition) is 4. The van der Waals surface area contributed by atoms with Gasteiger partial charge in [-0.3, -0.25) is 14.8 Å². The molecule has 2 aromatic heterocycles. The van der Waals surface area contributed by atoms with Crippen LogP contribution in [0.25, 0.3) is 0 Å². The quantitative estimate of drug-likeness (QED) is 0.780. The largest absolute Gasteiger partial charge is 0.624 e. The van der Waals surface area contributed by atoms with E-state index in [-0.39, 0.29) is 16.9 Å². The molecule has 1 N–H and O–H groups in total. The molecule has 2 aliphatic heterocycles. The molecule has 1 aliphatic carbocycles. The Morgan fingerprint density at radius 2 is 1.97 bits per heavy atom. The van der Waals surface area contributed by atoms with Crippen molar-refractivity contribution in [2.75, 3.05) is 13.1 Å². The number of quaternary nitrogens is 1. The molecule has 2 aromatic rings. The minimum atomic E-state index is -0.0255. The lowest BCUT2D eigenvalue weighted by atomic mass is 9.78. The highest BCUT2D eigenvalue weighted by Gasteiger charge is 2.35. The van der Waals surface area contributed by atoms with E-state index in [2.05, 4.69) is 19.1 Å². The average molecular weight is 417 g/mol. The van der Waals surface area contributed by atoms with E-state index in [1.807, 2.05) is 23.4 Å². The van der Waals surface area contributed by atoms with Gasteiger partial charge in [-0.1, -0.05) is 12.1 Å². The van der Waals surface area contributed by atoms with E-state index in [0.29, 0.717) is 12.3 Å². The second-order valence-corrected chi connectivity index (χ2v) is 8.93. The van der Waals surface area contributed by atoms with Gasteiger partial charge in [0.1, 0.15) is 6.20 Å². The summed E-state index contributed by atoms with van der Waals surface area (Å²) in [6, 6.07) is 6.52. The second kappa shape index (κ2) is 8.36. The zero-order chi connectivity index (χ0) is 21.4. The number of piperidine rings is 1.